The third kappa shape index (κ3) is 2.88. The van der Waals surface area contributed by atoms with E-state index in [1.54, 1.807) is 0 Å². The summed E-state index contributed by atoms with van der Waals surface area (Å²) in [6, 6.07) is 0. The first-order valence-corrected chi connectivity index (χ1v) is 4.50. The molecule has 0 amide bonds. The molecule has 84 valence electrons. The van der Waals surface area contributed by atoms with Gasteiger partial charge in [-0.1, -0.05) is 0 Å². The summed E-state index contributed by atoms with van der Waals surface area (Å²) in [6.45, 7) is -0.574. The molecule has 14 heavy (non-hydrogen) atoms. The molecule has 0 saturated carbocycles. The molecule has 1 saturated heterocycles. The zero-order chi connectivity index (χ0) is 10.6. The number of rotatable bonds is 4. The highest BCUT2D eigenvalue weighted by Crippen LogP contribution is 2.12. The van der Waals surface area contributed by atoms with Crippen LogP contribution in [0.4, 0.5) is 0 Å². The first-order valence-electron chi connectivity index (χ1n) is 4.50. The lowest BCUT2D eigenvalue weighted by Crippen LogP contribution is -2.48. The van der Waals surface area contributed by atoms with Crippen molar-refractivity contribution in [3.05, 3.63) is 0 Å². The van der Waals surface area contributed by atoms with E-state index in [1.807, 2.05) is 0 Å². The van der Waals surface area contributed by atoms with Crippen LogP contribution in [0.15, 0.2) is 0 Å². The Hall–Kier alpha value is -0.240. The van der Waals surface area contributed by atoms with E-state index in [1.165, 1.54) is 0 Å². The highest BCUT2D eigenvalue weighted by atomic mass is 16.6. The minimum Gasteiger partial charge on any atom is -0.394 e. The second-order valence-corrected chi connectivity index (χ2v) is 3.24. The van der Waals surface area contributed by atoms with Gasteiger partial charge in [0.2, 0.25) is 0 Å². The maximum atomic E-state index is 9.20. The van der Waals surface area contributed by atoms with Gasteiger partial charge < -0.3 is 29.9 Å². The molecule has 0 radical (unpaired) electrons. The van der Waals surface area contributed by atoms with Crippen molar-refractivity contribution in [2.75, 3.05) is 26.4 Å². The molecule has 4 atom stereocenters. The van der Waals surface area contributed by atoms with Crippen molar-refractivity contribution in [2.24, 2.45) is 0 Å². The molecule has 1 aliphatic heterocycles. The summed E-state index contributed by atoms with van der Waals surface area (Å²) in [4.78, 5) is 0. The fraction of sp³-hybridized carbons (Fsp3) is 1.00. The van der Waals surface area contributed by atoms with Crippen molar-refractivity contribution < 1.29 is 29.9 Å². The second kappa shape index (κ2) is 5.59. The van der Waals surface area contributed by atoms with Gasteiger partial charge in [0.25, 0.3) is 0 Å². The number of aliphatic hydroxyl groups is 4. The van der Waals surface area contributed by atoms with E-state index in [2.05, 4.69) is 0 Å². The predicted molar refractivity (Wildman–Crippen MR) is 45.7 cm³/mol. The Labute approximate surface area is 81.7 Å². The van der Waals surface area contributed by atoms with Crippen LogP contribution < -0.4 is 0 Å². The summed E-state index contributed by atoms with van der Waals surface area (Å²) in [5, 5.41) is 35.7. The van der Waals surface area contributed by atoms with Crippen molar-refractivity contribution in [3.63, 3.8) is 0 Å². The lowest BCUT2D eigenvalue weighted by atomic mass is 10.1. The lowest BCUT2D eigenvalue weighted by molar-refractivity contribution is -0.197. The Balaban J connectivity index is 2.31. The summed E-state index contributed by atoms with van der Waals surface area (Å²) in [5.74, 6) is 0. The SMILES string of the molecule is OCC(O)[C@@H]1CO[C@@H](C(O)CO)CO1. The van der Waals surface area contributed by atoms with Gasteiger partial charge in [-0.3, -0.25) is 0 Å². The van der Waals surface area contributed by atoms with E-state index >= 15 is 0 Å². The van der Waals surface area contributed by atoms with Crippen molar-refractivity contribution in [3.8, 4) is 0 Å². The van der Waals surface area contributed by atoms with Crippen molar-refractivity contribution >= 4 is 0 Å². The lowest BCUT2D eigenvalue weighted by Gasteiger charge is -2.33. The Morgan fingerprint density at radius 3 is 1.50 bits per heavy atom. The van der Waals surface area contributed by atoms with Crippen molar-refractivity contribution in [2.45, 2.75) is 24.4 Å². The van der Waals surface area contributed by atoms with Crippen LogP contribution in [-0.4, -0.2) is 71.3 Å². The maximum absolute atomic E-state index is 9.20. The zero-order valence-electron chi connectivity index (χ0n) is 7.74. The number of ether oxygens (including phenoxy) is 2. The van der Waals surface area contributed by atoms with Crippen LogP contribution in [-0.2, 0) is 9.47 Å². The Kier molecular flexibility index (Phi) is 4.73. The van der Waals surface area contributed by atoms with E-state index in [0.717, 1.165) is 0 Å². The molecule has 6 nitrogen and oxygen atoms in total. The normalized spacial score (nSPS) is 32.6. The van der Waals surface area contributed by atoms with Crippen LogP contribution in [0.2, 0.25) is 0 Å². The molecule has 2 unspecified atom stereocenters. The minimum atomic E-state index is -0.970. The highest BCUT2D eigenvalue weighted by Gasteiger charge is 2.30. The molecule has 0 aromatic rings. The minimum absolute atomic E-state index is 0.101. The second-order valence-electron chi connectivity index (χ2n) is 3.24. The average Bonchev–Trinajstić information content (AvgIpc) is 2.27. The molecule has 0 spiro atoms. The van der Waals surface area contributed by atoms with Gasteiger partial charge in [-0.15, -0.1) is 0 Å². The molecule has 1 heterocycles. The molecule has 4 N–H and O–H groups in total. The van der Waals surface area contributed by atoms with Crippen LogP contribution in [0, 0.1) is 0 Å². The summed E-state index contributed by atoms with van der Waals surface area (Å²) < 4.78 is 10.3. The number of hydrogen-bond donors (Lipinski definition) is 4. The molecule has 0 aliphatic carbocycles. The largest absolute Gasteiger partial charge is 0.394 e. The van der Waals surface area contributed by atoms with E-state index < -0.39 is 24.4 Å². The first kappa shape index (κ1) is 11.8. The Bertz CT molecular complexity index is 138. The van der Waals surface area contributed by atoms with E-state index in [4.69, 9.17) is 19.7 Å². The molecule has 6 heteroatoms. The van der Waals surface area contributed by atoms with Gasteiger partial charge >= 0.3 is 0 Å². The standard InChI is InChI=1S/C8H16O6/c9-1-5(11)7-3-14-8(4-13-7)6(12)2-10/h5-12H,1-4H2/t5?,6?,7-,8+. The smallest absolute Gasteiger partial charge is 0.109 e. The number of aliphatic hydroxyl groups excluding tert-OH is 4. The van der Waals surface area contributed by atoms with Gasteiger partial charge in [0.1, 0.15) is 24.4 Å². The first-order chi connectivity index (χ1) is 6.69. The van der Waals surface area contributed by atoms with Gasteiger partial charge in [-0.2, -0.15) is 0 Å². The zero-order valence-corrected chi connectivity index (χ0v) is 7.74. The van der Waals surface area contributed by atoms with Gasteiger partial charge in [0.15, 0.2) is 0 Å². The van der Waals surface area contributed by atoms with Crippen LogP contribution in [0.1, 0.15) is 0 Å². The fourth-order valence-corrected chi connectivity index (χ4v) is 1.21. The fourth-order valence-electron chi connectivity index (χ4n) is 1.21. The Morgan fingerprint density at radius 2 is 1.29 bits per heavy atom. The summed E-state index contributed by atoms with van der Waals surface area (Å²) in [6.07, 6.45) is -3.08. The summed E-state index contributed by atoms with van der Waals surface area (Å²) in [5.41, 5.74) is 0. The van der Waals surface area contributed by atoms with E-state index in [-0.39, 0.29) is 26.4 Å². The van der Waals surface area contributed by atoms with Gasteiger partial charge in [0.05, 0.1) is 26.4 Å². The van der Waals surface area contributed by atoms with Crippen molar-refractivity contribution in [1.29, 1.82) is 0 Å². The molecule has 0 aromatic heterocycles. The van der Waals surface area contributed by atoms with Gasteiger partial charge in [-0.25, -0.2) is 0 Å². The average molecular weight is 208 g/mol. The van der Waals surface area contributed by atoms with E-state index in [9.17, 15) is 10.2 Å². The van der Waals surface area contributed by atoms with Crippen LogP contribution in [0.3, 0.4) is 0 Å². The topological polar surface area (TPSA) is 99.4 Å². The molecular formula is C8H16O6. The molecule has 1 aliphatic rings. The molecule has 1 rings (SSSR count). The Morgan fingerprint density at radius 1 is 0.929 bits per heavy atom. The van der Waals surface area contributed by atoms with Crippen LogP contribution in [0.5, 0.6) is 0 Å². The summed E-state index contributed by atoms with van der Waals surface area (Å²) in [7, 11) is 0. The predicted octanol–water partition coefficient (Wildman–Crippen LogP) is -2.52. The molecule has 1 fully saturated rings. The van der Waals surface area contributed by atoms with Crippen LogP contribution in [0.25, 0.3) is 0 Å². The third-order valence-electron chi connectivity index (χ3n) is 2.18. The van der Waals surface area contributed by atoms with Crippen LogP contribution >= 0.6 is 0 Å². The molecule has 0 bridgehead atoms. The van der Waals surface area contributed by atoms with Crippen molar-refractivity contribution in [1.82, 2.24) is 0 Å². The molecule has 0 aromatic carbocycles. The molecular weight excluding hydrogens is 192 g/mol. The summed E-state index contributed by atoms with van der Waals surface area (Å²) >= 11 is 0. The quantitative estimate of drug-likeness (QED) is 0.407. The third-order valence-corrected chi connectivity index (χ3v) is 2.18. The number of hydrogen-bond acceptors (Lipinski definition) is 6. The maximum Gasteiger partial charge on any atom is 0.109 e. The van der Waals surface area contributed by atoms with Gasteiger partial charge in [-0.05, 0) is 0 Å². The monoisotopic (exact) mass is 208 g/mol. The van der Waals surface area contributed by atoms with E-state index in [0.29, 0.717) is 0 Å². The highest BCUT2D eigenvalue weighted by molar-refractivity contribution is 4.77. The van der Waals surface area contributed by atoms with Gasteiger partial charge in [0, 0.05) is 0 Å².